The molecule has 20 heavy (non-hydrogen) atoms. The fourth-order valence-electron chi connectivity index (χ4n) is 2.05. The van der Waals surface area contributed by atoms with Gasteiger partial charge in [0.25, 0.3) is 0 Å². The van der Waals surface area contributed by atoms with Crippen LogP contribution in [-0.4, -0.2) is 32.9 Å². The first-order valence-corrected chi connectivity index (χ1v) is 7.26. The number of fused-ring (bicyclic) bond motifs is 1. The van der Waals surface area contributed by atoms with Gasteiger partial charge in [0, 0.05) is 20.2 Å². The van der Waals surface area contributed by atoms with Crippen molar-refractivity contribution < 1.29 is 4.74 Å². The molecule has 0 aliphatic carbocycles. The van der Waals surface area contributed by atoms with Gasteiger partial charge in [-0.1, -0.05) is 19.8 Å². The average Bonchev–Trinajstić information content (AvgIpc) is 2.81. The molecule has 0 bridgehead atoms. The van der Waals surface area contributed by atoms with Crippen molar-refractivity contribution in [3.8, 4) is 0 Å². The van der Waals surface area contributed by atoms with Crippen LogP contribution in [-0.2, 0) is 18.4 Å². The number of aromatic nitrogens is 4. The zero-order chi connectivity index (χ0) is 14.4. The van der Waals surface area contributed by atoms with Gasteiger partial charge in [0.05, 0.1) is 11.6 Å². The minimum Gasteiger partial charge on any atom is -0.373 e. The Balaban J connectivity index is 2.10. The van der Waals surface area contributed by atoms with Crippen LogP contribution in [0.2, 0.25) is 0 Å². The molecule has 0 saturated heterocycles. The molecule has 0 aliphatic rings. The molecule has 1 N–H and O–H groups in total. The summed E-state index contributed by atoms with van der Waals surface area (Å²) >= 11 is 0. The van der Waals surface area contributed by atoms with Gasteiger partial charge in [-0.05, 0) is 13.3 Å². The quantitative estimate of drug-likeness (QED) is 0.751. The largest absolute Gasteiger partial charge is 0.373 e. The van der Waals surface area contributed by atoms with Gasteiger partial charge in [-0.15, -0.1) is 0 Å². The standard InChI is InChI=1S/C14H23N5O/c1-4-6-7-8-20-10-12-17-13(15-5-2)11-9-16-19(3)14(11)18-12/h9H,4-8,10H2,1-3H3,(H,15,17,18). The molecule has 2 aromatic rings. The number of ether oxygens (including phenoxy) is 1. The Kier molecular flexibility index (Phi) is 5.29. The Hall–Kier alpha value is -1.69. The summed E-state index contributed by atoms with van der Waals surface area (Å²) in [5.74, 6) is 1.53. The van der Waals surface area contributed by atoms with Crippen molar-refractivity contribution in [2.24, 2.45) is 7.05 Å². The van der Waals surface area contributed by atoms with E-state index < -0.39 is 0 Å². The third kappa shape index (κ3) is 3.45. The molecular weight excluding hydrogens is 254 g/mol. The highest BCUT2D eigenvalue weighted by Gasteiger charge is 2.10. The fourth-order valence-corrected chi connectivity index (χ4v) is 2.05. The third-order valence-electron chi connectivity index (χ3n) is 3.11. The number of anilines is 1. The Morgan fingerprint density at radius 2 is 2.10 bits per heavy atom. The van der Waals surface area contributed by atoms with Crippen LogP contribution in [0.4, 0.5) is 5.82 Å². The van der Waals surface area contributed by atoms with E-state index in [1.54, 1.807) is 10.9 Å². The first-order valence-electron chi connectivity index (χ1n) is 7.26. The summed E-state index contributed by atoms with van der Waals surface area (Å²) in [5, 5.41) is 8.44. The van der Waals surface area contributed by atoms with Crippen LogP contribution in [0.5, 0.6) is 0 Å². The lowest BCUT2D eigenvalue weighted by Gasteiger charge is -2.08. The summed E-state index contributed by atoms with van der Waals surface area (Å²) in [7, 11) is 1.89. The van der Waals surface area contributed by atoms with Gasteiger partial charge in [-0.25, -0.2) is 9.97 Å². The molecule has 0 aliphatic heterocycles. The Morgan fingerprint density at radius 3 is 2.85 bits per heavy atom. The molecular formula is C14H23N5O. The number of hydrogen-bond acceptors (Lipinski definition) is 5. The Labute approximate surface area is 119 Å². The van der Waals surface area contributed by atoms with E-state index in [1.807, 2.05) is 14.0 Å². The molecule has 2 heterocycles. The zero-order valence-electron chi connectivity index (χ0n) is 12.5. The highest BCUT2D eigenvalue weighted by Crippen LogP contribution is 2.19. The maximum atomic E-state index is 5.64. The Morgan fingerprint density at radius 1 is 1.25 bits per heavy atom. The normalized spacial score (nSPS) is 11.2. The van der Waals surface area contributed by atoms with Crippen LogP contribution >= 0.6 is 0 Å². The summed E-state index contributed by atoms with van der Waals surface area (Å²) in [5.41, 5.74) is 0.836. The van der Waals surface area contributed by atoms with E-state index in [9.17, 15) is 0 Å². The number of aryl methyl sites for hydroxylation is 1. The molecule has 0 atom stereocenters. The summed E-state index contributed by atoms with van der Waals surface area (Å²) in [6.45, 7) is 6.26. The van der Waals surface area contributed by atoms with Gasteiger partial charge in [0.15, 0.2) is 11.5 Å². The van der Waals surface area contributed by atoms with Crippen molar-refractivity contribution in [3.05, 3.63) is 12.0 Å². The zero-order valence-corrected chi connectivity index (χ0v) is 12.5. The summed E-state index contributed by atoms with van der Waals surface area (Å²) in [6, 6.07) is 0. The molecule has 0 saturated carbocycles. The summed E-state index contributed by atoms with van der Waals surface area (Å²) < 4.78 is 7.40. The number of hydrogen-bond donors (Lipinski definition) is 1. The summed E-state index contributed by atoms with van der Waals surface area (Å²) in [4.78, 5) is 9.04. The first kappa shape index (κ1) is 14.7. The van der Waals surface area contributed by atoms with E-state index in [1.165, 1.54) is 12.8 Å². The van der Waals surface area contributed by atoms with Crippen LogP contribution < -0.4 is 5.32 Å². The lowest BCUT2D eigenvalue weighted by atomic mass is 10.3. The maximum Gasteiger partial charge on any atom is 0.163 e. The van der Waals surface area contributed by atoms with Gasteiger partial charge in [0.2, 0.25) is 0 Å². The fraction of sp³-hybridized carbons (Fsp3) is 0.643. The number of unbranched alkanes of at least 4 members (excludes halogenated alkanes) is 2. The lowest BCUT2D eigenvalue weighted by molar-refractivity contribution is 0.112. The van der Waals surface area contributed by atoms with Crippen molar-refractivity contribution in [1.82, 2.24) is 19.7 Å². The van der Waals surface area contributed by atoms with E-state index in [2.05, 4.69) is 27.3 Å². The molecule has 110 valence electrons. The minimum absolute atomic E-state index is 0.448. The predicted molar refractivity (Wildman–Crippen MR) is 79.6 cm³/mol. The third-order valence-corrected chi connectivity index (χ3v) is 3.11. The van der Waals surface area contributed by atoms with Crippen LogP contribution in [0.25, 0.3) is 11.0 Å². The lowest BCUT2D eigenvalue weighted by Crippen LogP contribution is -2.07. The predicted octanol–water partition coefficient (Wildman–Crippen LogP) is 2.50. The molecule has 0 amide bonds. The molecule has 0 radical (unpaired) electrons. The number of nitrogens with zero attached hydrogens (tertiary/aromatic N) is 4. The summed E-state index contributed by atoms with van der Waals surface area (Å²) in [6.07, 6.45) is 5.28. The molecule has 0 fully saturated rings. The van der Waals surface area contributed by atoms with Gasteiger partial charge in [0.1, 0.15) is 12.4 Å². The van der Waals surface area contributed by atoms with E-state index >= 15 is 0 Å². The molecule has 6 nitrogen and oxygen atoms in total. The van der Waals surface area contributed by atoms with E-state index in [4.69, 9.17) is 4.74 Å². The van der Waals surface area contributed by atoms with E-state index in [-0.39, 0.29) is 0 Å². The second kappa shape index (κ2) is 7.19. The van der Waals surface area contributed by atoms with E-state index in [0.29, 0.717) is 12.4 Å². The minimum atomic E-state index is 0.448. The van der Waals surface area contributed by atoms with Crippen molar-refractivity contribution in [2.75, 3.05) is 18.5 Å². The van der Waals surface area contributed by atoms with Crippen LogP contribution in [0, 0.1) is 0 Å². The SMILES string of the molecule is CCCCCOCc1nc(NCC)c2cnn(C)c2n1. The second-order valence-electron chi connectivity index (χ2n) is 4.78. The van der Waals surface area contributed by atoms with Gasteiger partial charge < -0.3 is 10.1 Å². The topological polar surface area (TPSA) is 64.9 Å². The monoisotopic (exact) mass is 277 g/mol. The number of rotatable bonds is 8. The van der Waals surface area contributed by atoms with Crippen LogP contribution in [0.15, 0.2) is 6.20 Å². The van der Waals surface area contributed by atoms with Crippen molar-refractivity contribution in [1.29, 1.82) is 0 Å². The van der Waals surface area contributed by atoms with E-state index in [0.717, 1.165) is 36.4 Å². The highest BCUT2D eigenvalue weighted by molar-refractivity contribution is 5.86. The van der Waals surface area contributed by atoms with Gasteiger partial charge >= 0.3 is 0 Å². The highest BCUT2D eigenvalue weighted by atomic mass is 16.5. The molecule has 2 aromatic heterocycles. The molecule has 0 aromatic carbocycles. The average molecular weight is 277 g/mol. The van der Waals surface area contributed by atoms with Gasteiger partial charge in [-0.3, -0.25) is 4.68 Å². The molecule has 6 heteroatoms. The number of nitrogens with one attached hydrogen (secondary N) is 1. The van der Waals surface area contributed by atoms with Gasteiger partial charge in [-0.2, -0.15) is 5.10 Å². The molecule has 0 unspecified atom stereocenters. The van der Waals surface area contributed by atoms with Crippen molar-refractivity contribution in [2.45, 2.75) is 39.7 Å². The first-order chi connectivity index (χ1) is 9.76. The molecule has 0 spiro atoms. The smallest absolute Gasteiger partial charge is 0.163 e. The van der Waals surface area contributed by atoms with Crippen molar-refractivity contribution in [3.63, 3.8) is 0 Å². The maximum absolute atomic E-state index is 5.64. The van der Waals surface area contributed by atoms with Crippen LogP contribution in [0.3, 0.4) is 0 Å². The second-order valence-corrected chi connectivity index (χ2v) is 4.78. The van der Waals surface area contributed by atoms with Crippen LogP contribution in [0.1, 0.15) is 38.9 Å². The van der Waals surface area contributed by atoms with Crippen molar-refractivity contribution >= 4 is 16.9 Å². The molecule has 2 rings (SSSR count). The Bertz CT molecular complexity index is 552.